The van der Waals surface area contributed by atoms with E-state index in [1.807, 2.05) is 18.2 Å². The van der Waals surface area contributed by atoms with Crippen molar-refractivity contribution in [2.45, 2.75) is 31.8 Å². The fraction of sp³-hybridized carbons (Fsp3) is 0.625. The predicted octanol–water partition coefficient (Wildman–Crippen LogP) is 1.18. The topological polar surface area (TPSA) is 59.8 Å². The van der Waals surface area contributed by atoms with E-state index in [0.29, 0.717) is 0 Å². The van der Waals surface area contributed by atoms with Crippen LogP contribution in [0.5, 0.6) is 5.75 Å². The van der Waals surface area contributed by atoms with Gasteiger partial charge in [-0.3, -0.25) is 16.2 Å². The van der Waals surface area contributed by atoms with Crippen LogP contribution in [0.4, 0.5) is 0 Å². The molecule has 0 amide bonds. The standard InChI is InChI=1S/C16H27N3O2/c1-16(2,19-8-10-21-11-9-19)15(18-17)12-13-6-4-5-7-14(13)20-3/h4-7,15,18H,8-12,17H2,1-3H3. The Kier molecular flexibility index (Phi) is 5.58. The van der Waals surface area contributed by atoms with Gasteiger partial charge >= 0.3 is 0 Å². The van der Waals surface area contributed by atoms with Crippen molar-refractivity contribution in [2.75, 3.05) is 33.4 Å². The lowest BCUT2D eigenvalue weighted by Crippen LogP contribution is -2.62. The van der Waals surface area contributed by atoms with Crippen molar-refractivity contribution in [1.29, 1.82) is 0 Å². The Morgan fingerprint density at radius 2 is 2.00 bits per heavy atom. The summed E-state index contributed by atoms with van der Waals surface area (Å²) in [6, 6.07) is 8.24. The number of benzene rings is 1. The summed E-state index contributed by atoms with van der Waals surface area (Å²) in [5.74, 6) is 6.77. The Balaban J connectivity index is 2.14. The maximum Gasteiger partial charge on any atom is 0.122 e. The Labute approximate surface area is 127 Å². The molecule has 1 aliphatic rings. The SMILES string of the molecule is COc1ccccc1CC(NN)C(C)(C)N1CCOCC1. The molecule has 1 aliphatic heterocycles. The van der Waals surface area contributed by atoms with Crippen molar-refractivity contribution >= 4 is 0 Å². The van der Waals surface area contributed by atoms with Crippen LogP contribution in [0.2, 0.25) is 0 Å². The molecule has 5 nitrogen and oxygen atoms in total. The van der Waals surface area contributed by atoms with Crippen LogP contribution >= 0.6 is 0 Å². The van der Waals surface area contributed by atoms with Gasteiger partial charge < -0.3 is 9.47 Å². The average Bonchev–Trinajstić information content (AvgIpc) is 2.53. The van der Waals surface area contributed by atoms with Crippen molar-refractivity contribution in [1.82, 2.24) is 10.3 Å². The number of nitrogens with two attached hydrogens (primary N) is 1. The van der Waals surface area contributed by atoms with Crippen molar-refractivity contribution in [2.24, 2.45) is 5.84 Å². The third kappa shape index (κ3) is 3.74. The average molecular weight is 293 g/mol. The van der Waals surface area contributed by atoms with E-state index in [1.54, 1.807) is 7.11 Å². The fourth-order valence-electron chi connectivity index (χ4n) is 2.96. The molecule has 1 unspecified atom stereocenters. The van der Waals surface area contributed by atoms with E-state index in [4.69, 9.17) is 15.3 Å². The molecule has 0 saturated carbocycles. The molecule has 5 heteroatoms. The molecular formula is C16H27N3O2. The van der Waals surface area contributed by atoms with Crippen LogP contribution in [0.15, 0.2) is 24.3 Å². The number of nitrogens with one attached hydrogen (secondary N) is 1. The molecule has 1 saturated heterocycles. The highest BCUT2D eigenvalue weighted by Gasteiger charge is 2.36. The molecule has 1 aromatic rings. The number of methoxy groups -OCH3 is 1. The second-order valence-corrected chi connectivity index (χ2v) is 5.99. The van der Waals surface area contributed by atoms with Gasteiger partial charge in [0.25, 0.3) is 0 Å². The van der Waals surface area contributed by atoms with Crippen LogP contribution in [0.1, 0.15) is 19.4 Å². The van der Waals surface area contributed by atoms with Crippen LogP contribution < -0.4 is 16.0 Å². The molecule has 3 N–H and O–H groups in total. The molecule has 21 heavy (non-hydrogen) atoms. The van der Waals surface area contributed by atoms with Crippen LogP contribution in [0.25, 0.3) is 0 Å². The summed E-state index contributed by atoms with van der Waals surface area (Å²) >= 11 is 0. The van der Waals surface area contributed by atoms with Crippen LogP contribution in [-0.4, -0.2) is 49.9 Å². The zero-order chi connectivity index (χ0) is 15.3. The molecule has 118 valence electrons. The Morgan fingerprint density at radius 3 is 2.62 bits per heavy atom. The molecule has 0 bridgehead atoms. The maximum atomic E-state index is 5.86. The van der Waals surface area contributed by atoms with Gasteiger partial charge in [-0.05, 0) is 31.9 Å². The van der Waals surface area contributed by atoms with Gasteiger partial charge in [0.15, 0.2) is 0 Å². The van der Waals surface area contributed by atoms with Gasteiger partial charge in [0.05, 0.1) is 20.3 Å². The number of hydrogen-bond donors (Lipinski definition) is 2. The summed E-state index contributed by atoms with van der Waals surface area (Å²) in [6.45, 7) is 7.93. The Hall–Kier alpha value is -1.14. The molecule has 0 spiro atoms. The van der Waals surface area contributed by atoms with Gasteiger partial charge in [-0.25, -0.2) is 0 Å². The summed E-state index contributed by atoms with van der Waals surface area (Å²) in [6.07, 6.45) is 0.824. The summed E-state index contributed by atoms with van der Waals surface area (Å²) in [7, 11) is 1.71. The summed E-state index contributed by atoms with van der Waals surface area (Å²) in [4.78, 5) is 2.44. The number of hydrogen-bond acceptors (Lipinski definition) is 5. The quantitative estimate of drug-likeness (QED) is 0.609. The van der Waals surface area contributed by atoms with Gasteiger partial charge in [-0.2, -0.15) is 0 Å². The maximum absolute atomic E-state index is 5.86. The Bertz CT molecular complexity index is 445. The number of nitrogens with zero attached hydrogens (tertiary/aromatic N) is 1. The Morgan fingerprint density at radius 1 is 1.33 bits per heavy atom. The third-order valence-electron chi connectivity index (χ3n) is 4.50. The molecule has 1 fully saturated rings. The lowest BCUT2D eigenvalue weighted by molar-refractivity contribution is -0.0233. The van der Waals surface area contributed by atoms with E-state index >= 15 is 0 Å². The van der Waals surface area contributed by atoms with Crippen LogP contribution in [0.3, 0.4) is 0 Å². The second-order valence-electron chi connectivity index (χ2n) is 5.99. The molecule has 1 heterocycles. The minimum atomic E-state index is -0.0562. The molecule has 0 aliphatic carbocycles. The van der Waals surface area contributed by atoms with E-state index in [-0.39, 0.29) is 11.6 Å². The van der Waals surface area contributed by atoms with E-state index in [0.717, 1.165) is 38.5 Å². The largest absolute Gasteiger partial charge is 0.496 e. The molecule has 1 aromatic carbocycles. The first-order valence-corrected chi connectivity index (χ1v) is 7.50. The summed E-state index contributed by atoms with van der Waals surface area (Å²) in [5, 5.41) is 0. The van der Waals surface area contributed by atoms with Gasteiger partial charge in [0.1, 0.15) is 5.75 Å². The monoisotopic (exact) mass is 293 g/mol. The van der Waals surface area contributed by atoms with E-state index < -0.39 is 0 Å². The first-order chi connectivity index (χ1) is 10.1. The number of rotatable bonds is 6. The van der Waals surface area contributed by atoms with E-state index in [2.05, 4.69) is 30.2 Å². The summed E-state index contributed by atoms with van der Waals surface area (Å²) < 4.78 is 10.9. The zero-order valence-corrected chi connectivity index (χ0v) is 13.3. The normalized spacial score (nSPS) is 18.5. The zero-order valence-electron chi connectivity index (χ0n) is 13.3. The first kappa shape index (κ1) is 16.2. The molecule has 2 rings (SSSR count). The number of morpholine rings is 1. The van der Waals surface area contributed by atoms with Gasteiger partial charge in [0, 0.05) is 24.7 Å². The third-order valence-corrected chi connectivity index (χ3v) is 4.50. The highest BCUT2D eigenvalue weighted by Crippen LogP contribution is 2.26. The smallest absolute Gasteiger partial charge is 0.122 e. The highest BCUT2D eigenvalue weighted by molar-refractivity contribution is 5.34. The summed E-state index contributed by atoms with van der Waals surface area (Å²) in [5.41, 5.74) is 4.12. The molecule has 0 radical (unpaired) electrons. The predicted molar refractivity (Wildman–Crippen MR) is 84.3 cm³/mol. The lowest BCUT2D eigenvalue weighted by atomic mass is 9.87. The lowest BCUT2D eigenvalue weighted by Gasteiger charge is -2.45. The molecular weight excluding hydrogens is 266 g/mol. The van der Waals surface area contributed by atoms with Gasteiger partial charge in [-0.1, -0.05) is 18.2 Å². The second kappa shape index (κ2) is 7.22. The molecule has 1 atom stereocenters. The molecule has 0 aromatic heterocycles. The highest BCUT2D eigenvalue weighted by atomic mass is 16.5. The van der Waals surface area contributed by atoms with Crippen molar-refractivity contribution in [3.8, 4) is 5.75 Å². The number of ether oxygens (including phenoxy) is 2. The minimum Gasteiger partial charge on any atom is -0.496 e. The number of para-hydroxylation sites is 1. The van der Waals surface area contributed by atoms with Gasteiger partial charge in [-0.15, -0.1) is 0 Å². The number of hydrazine groups is 1. The first-order valence-electron chi connectivity index (χ1n) is 7.50. The van der Waals surface area contributed by atoms with Crippen LogP contribution in [0, 0.1) is 0 Å². The van der Waals surface area contributed by atoms with Gasteiger partial charge in [0.2, 0.25) is 0 Å². The minimum absolute atomic E-state index is 0.0562. The van der Waals surface area contributed by atoms with Crippen molar-refractivity contribution in [3.05, 3.63) is 29.8 Å². The van der Waals surface area contributed by atoms with Crippen molar-refractivity contribution in [3.63, 3.8) is 0 Å². The van der Waals surface area contributed by atoms with E-state index in [1.165, 1.54) is 5.56 Å². The van der Waals surface area contributed by atoms with E-state index in [9.17, 15) is 0 Å². The fourth-order valence-corrected chi connectivity index (χ4v) is 2.96. The van der Waals surface area contributed by atoms with Crippen molar-refractivity contribution < 1.29 is 9.47 Å². The van der Waals surface area contributed by atoms with Crippen LogP contribution in [-0.2, 0) is 11.2 Å².